The highest BCUT2D eigenvalue weighted by Gasteiger charge is 2.26. The van der Waals surface area contributed by atoms with Crippen LogP contribution in [-0.2, 0) is 27.9 Å². The number of esters is 1. The van der Waals surface area contributed by atoms with Crippen LogP contribution in [0.15, 0.2) is 60.8 Å². The second kappa shape index (κ2) is 36.2. The van der Waals surface area contributed by atoms with E-state index in [1.807, 2.05) is 21.1 Å². The van der Waals surface area contributed by atoms with Crippen LogP contribution in [0.1, 0.15) is 149 Å². The first-order valence-electron chi connectivity index (χ1n) is 20.5. The van der Waals surface area contributed by atoms with Crippen molar-refractivity contribution >= 4 is 13.8 Å². The lowest BCUT2D eigenvalue weighted by Crippen LogP contribution is -2.37. The smallest absolute Gasteiger partial charge is 0.457 e. The molecule has 8 nitrogen and oxygen atoms in total. The lowest BCUT2D eigenvalue weighted by Gasteiger charge is -2.24. The van der Waals surface area contributed by atoms with E-state index in [4.69, 9.17) is 18.5 Å². The molecule has 0 bridgehead atoms. The Morgan fingerprint density at radius 1 is 0.615 bits per heavy atom. The Kier molecular flexibility index (Phi) is 34.9. The summed E-state index contributed by atoms with van der Waals surface area (Å²) in [4.78, 5) is 22.6. The number of likely N-dealkylation sites (N-methyl/N-ethyl adjacent to an activating group) is 1. The van der Waals surface area contributed by atoms with Crippen LogP contribution in [0.5, 0.6) is 0 Å². The van der Waals surface area contributed by atoms with Crippen molar-refractivity contribution in [2.45, 2.75) is 155 Å². The van der Waals surface area contributed by atoms with E-state index in [1.54, 1.807) is 0 Å². The molecule has 0 rings (SSSR count). The van der Waals surface area contributed by atoms with E-state index < -0.39 is 13.9 Å². The molecule has 0 saturated heterocycles. The highest BCUT2D eigenvalue weighted by molar-refractivity contribution is 7.47. The standard InChI is InChI=1S/C43H78NO7P/c1-6-8-10-12-14-15-16-17-18-19-20-21-22-23-24-25-26-27-28-29-30-31-33-35-38-48-40-42(51-43(45)36-34-32-13-11-9-7-2)41-50-52(46,47)49-39-37-44(3,4)5/h8,10,14-15,17-18,20-21,23-24,42H,6-7,9,11-13,16,19,22,25-41H2,1-5H3/p+1/b10-8-,15-14-,18-17-,21-20-,24-23-. The van der Waals surface area contributed by atoms with Gasteiger partial charge in [0.1, 0.15) is 19.3 Å². The summed E-state index contributed by atoms with van der Waals surface area (Å²) in [6, 6.07) is 0. The molecule has 0 radical (unpaired) electrons. The van der Waals surface area contributed by atoms with Crippen LogP contribution in [0.25, 0.3) is 0 Å². The van der Waals surface area contributed by atoms with E-state index >= 15 is 0 Å². The van der Waals surface area contributed by atoms with Crippen LogP contribution >= 0.6 is 7.82 Å². The van der Waals surface area contributed by atoms with Crippen LogP contribution < -0.4 is 0 Å². The average Bonchev–Trinajstić information content (AvgIpc) is 3.09. The number of phosphoric acid groups is 1. The summed E-state index contributed by atoms with van der Waals surface area (Å²) in [7, 11) is 1.65. The fourth-order valence-electron chi connectivity index (χ4n) is 5.17. The first-order chi connectivity index (χ1) is 25.1. The quantitative estimate of drug-likeness (QED) is 0.0222. The van der Waals surface area contributed by atoms with Crippen molar-refractivity contribution in [2.75, 3.05) is 54.1 Å². The number of rotatable bonds is 37. The minimum atomic E-state index is -4.26. The minimum absolute atomic E-state index is 0.0847. The molecule has 0 aliphatic rings. The van der Waals surface area contributed by atoms with Gasteiger partial charge in [-0.2, -0.15) is 0 Å². The summed E-state index contributed by atoms with van der Waals surface area (Å²) < 4.78 is 34.7. The Labute approximate surface area is 320 Å². The van der Waals surface area contributed by atoms with Gasteiger partial charge in [0, 0.05) is 13.0 Å². The molecular weight excluding hydrogens is 673 g/mol. The zero-order chi connectivity index (χ0) is 38.4. The fourth-order valence-corrected chi connectivity index (χ4v) is 5.91. The van der Waals surface area contributed by atoms with Gasteiger partial charge < -0.3 is 18.9 Å². The van der Waals surface area contributed by atoms with Gasteiger partial charge >= 0.3 is 13.8 Å². The number of carbonyl (C=O) groups is 1. The van der Waals surface area contributed by atoms with Crippen molar-refractivity contribution < 1.29 is 37.3 Å². The van der Waals surface area contributed by atoms with Crippen LogP contribution in [0, 0.1) is 0 Å². The first-order valence-corrected chi connectivity index (χ1v) is 22.0. The van der Waals surface area contributed by atoms with Gasteiger partial charge in [0.25, 0.3) is 0 Å². The predicted molar refractivity (Wildman–Crippen MR) is 219 cm³/mol. The van der Waals surface area contributed by atoms with Crippen molar-refractivity contribution in [3.05, 3.63) is 60.8 Å². The minimum Gasteiger partial charge on any atom is -0.457 e. The summed E-state index contributed by atoms with van der Waals surface area (Å²) in [6.07, 6.45) is 44.2. The lowest BCUT2D eigenvalue weighted by atomic mass is 10.1. The number of unbranched alkanes of at least 4 members (excludes halogenated alkanes) is 13. The number of allylic oxidation sites excluding steroid dienone is 10. The number of ether oxygens (including phenoxy) is 2. The molecule has 52 heavy (non-hydrogen) atoms. The van der Waals surface area contributed by atoms with Crippen molar-refractivity contribution in [3.8, 4) is 0 Å². The van der Waals surface area contributed by atoms with Gasteiger partial charge in [-0.05, 0) is 57.8 Å². The summed E-state index contributed by atoms with van der Waals surface area (Å²) in [5.41, 5.74) is 0. The molecule has 0 heterocycles. The molecule has 0 aliphatic carbocycles. The van der Waals surface area contributed by atoms with E-state index in [0.29, 0.717) is 24.1 Å². The SMILES string of the molecule is CC/C=C\C/C=C\C/C=C\C/C=C\C/C=C\CCCCCCCCCCOCC(COP(=O)(O)OCC[N+](C)(C)C)OC(=O)CCCCCCCC. The van der Waals surface area contributed by atoms with Gasteiger partial charge in [0.2, 0.25) is 0 Å². The monoisotopic (exact) mass is 753 g/mol. The Hall–Kier alpha value is -1.80. The van der Waals surface area contributed by atoms with Gasteiger partial charge in [0.05, 0.1) is 34.4 Å². The Morgan fingerprint density at radius 3 is 1.67 bits per heavy atom. The summed E-state index contributed by atoms with van der Waals surface area (Å²) in [6.45, 7) is 5.41. The van der Waals surface area contributed by atoms with E-state index in [0.717, 1.165) is 70.6 Å². The molecule has 0 fully saturated rings. The molecule has 0 spiro atoms. The maximum Gasteiger partial charge on any atom is 0.472 e. The average molecular weight is 753 g/mol. The highest BCUT2D eigenvalue weighted by atomic mass is 31.2. The largest absolute Gasteiger partial charge is 0.472 e. The Balaban J connectivity index is 4.06. The third-order valence-corrected chi connectivity index (χ3v) is 9.33. The van der Waals surface area contributed by atoms with Crippen LogP contribution in [0.3, 0.4) is 0 Å². The van der Waals surface area contributed by atoms with Gasteiger partial charge in [-0.15, -0.1) is 0 Å². The van der Waals surface area contributed by atoms with E-state index in [-0.39, 0.29) is 25.8 Å². The molecule has 1 N–H and O–H groups in total. The van der Waals surface area contributed by atoms with Gasteiger partial charge in [0.15, 0.2) is 0 Å². The number of hydrogen-bond donors (Lipinski definition) is 1. The van der Waals surface area contributed by atoms with E-state index in [2.05, 4.69) is 74.6 Å². The van der Waals surface area contributed by atoms with Gasteiger partial charge in [-0.3, -0.25) is 13.8 Å². The maximum absolute atomic E-state index is 12.5. The second-order valence-corrected chi connectivity index (χ2v) is 16.1. The van der Waals surface area contributed by atoms with E-state index in [9.17, 15) is 14.3 Å². The molecular formula is C43H79NO7P+. The molecule has 0 aromatic heterocycles. The molecule has 302 valence electrons. The number of carbonyl (C=O) groups excluding carboxylic acids is 1. The zero-order valence-corrected chi connectivity index (χ0v) is 34.9. The zero-order valence-electron chi connectivity index (χ0n) is 34.0. The lowest BCUT2D eigenvalue weighted by molar-refractivity contribution is -0.870. The van der Waals surface area contributed by atoms with E-state index in [1.165, 1.54) is 57.8 Å². The number of phosphoric ester groups is 1. The van der Waals surface area contributed by atoms with Gasteiger partial charge in [-0.25, -0.2) is 4.57 Å². The molecule has 0 aromatic carbocycles. The molecule has 0 aliphatic heterocycles. The van der Waals surface area contributed by atoms with Crippen molar-refractivity contribution in [1.82, 2.24) is 0 Å². The topological polar surface area (TPSA) is 91.3 Å². The number of hydrogen-bond acceptors (Lipinski definition) is 6. The van der Waals surface area contributed by atoms with Crippen LogP contribution in [0.2, 0.25) is 0 Å². The molecule has 2 atom stereocenters. The highest BCUT2D eigenvalue weighted by Crippen LogP contribution is 2.43. The van der Waals surface area contributed by atoms with Crippen LogP contribution in [-0.4, -0.2) is 75.6 Å². The number of quaternary nitrogens is 1. The summed E-state index contributed by atoms with van der Waals surface area (Å²) >= 11 is 0. The van der Waals surface area contributed by atoms with Crippen molar-refractivity contribution in [2.24, 2.45) is 0 Å². The van der Waals surface area contributed by atoms with Gasteiger partial charge in [-0.1, -0.05) is 145 Å². The molecule has 0 amide bonds. The maximum atomic E-state index is 12.5. The normalized spacial score (nSPS) is 14.5. The summed E-state index contributed by atoms with van der Waals surface area (Å²) in [5.74, 6) is -0.329. The third-order valence-electron chi connectivity index (χ3n) is 8.34. The molecule has 9 heteroatoms. The third kappa shape index (κ3) is 39.4. The second-order valence-electron chi connectivity index (χ2n) is 14.6. The predicted octanol–water partition coefficient (Wildman–Crippen LogP) is 11.8. The molecule has 2 unspecified atom stereocenters. The molecule has 0 saturated carbocycles. The van der Waals surface area contributed by atoms with Crippen molar-refractivity contribution in [1.29, 1.82) is 0 Å². The summed E-state index contributed by atoms with van der Waals surface area (Å²) in [5, 5.41) is 0. The Bertz CT molecular complexity index is 1020. The first kappa shape index (κ1) is 50.2. The van der Waals surface area contributed by atoms with Crippen molar-refractivity contribution in [3.63, 3.8) is 0 Å². The number of nitrogens with zero attached hydrogens (tertiary/aromatic N) is 1. The molecule has 0 aromatic rings. The fraction of sp³-hybridized carbons (Fsp3) is 0.744. The Morgan fingerprint density at radius 2 is 1.12 bits per heavy atom. The van der Waals surface area contributed by atoms with Crippen LogP contribution in [0.4, 0.5) is 0 Å².